The Morgan fingerprint density at radius 1 is 1.19 bits per heavy atom. The van der Waals surface area contributed by atoms with Crippen LogP contribution in [0, 0.1) is 5.92 Å². The lowest BCUT2D eigenvalue weighted by molar-refractivity contribution is 0.0952. The Kier molecular flexibility index (Phi) is 7.06. The molecule has 1 N–H and O–H groups in total. The highest BCUT2D eigenvalue weighted by molar-refractivity contribution is 7.89. The molecule has 1 aliphatic heterocycles. The second-order valence-corrected chi connectivity index (χ2v) is 9.60. The maximum atomic E-state index is 12.8. The van der Waals surface area contributed by atoms with Crippen molar-refractivity contribution in [3.8, 4) is 0 Å². The normalized spacial score (nSPS) is 15.5. The first-order valence-electron chi connectivity index (χ1n) is 9.33. The van der Waals surface area contributed by atoms with Crippen molar-refractivity contribution < 1.29 is 13.2 Å². The Morgan fingerprint density at radius 2 is 1.85 bits per heavy atom. The number of nitrogens with zero attached hydrogens (tertiary/aromatic N) is 2. The number of carbonyl (C=O) groups is 1. The van der Waals surface area contributed by atoms with Crippen molar-refractivity contribution in [2.75, 3.05) is 38.6 Å². The summed E-state index contributed by atoms with van der Waals surface area (Å²) < 4.78 is 26.1. The molecule has 1 heterocycles. The molecule has 1 aliphatic rings. The number of benzene rings is 1. The van der Waals surface area contributed by atoms with E-state index in [4.69, 9.17) is 0 Å². The van der Waals surface area contributed by atoms with E-state index in [1.54, 1.807) is 12.1 Å². The minimum Gasteiger partial charge on any atom is -0.371 e. The van der Waals surface area contributed by atoms with E-state index in [-0.39, 0.29) is 10.8 Å². The predicted octanol–water partition coefficient (Wildman–Crippen LogP) is 2.70. The maximum Gasteiger partial charge on any atom is 0.253 e. The fourth-order valence-electron chi connectivity index (χ4n) is 3.05. The van der Waals surface area contributed by atoms with Gasteiger partial charge in [0.05, 0.1) is 10.5 Å². The molecule has 0 aromatic heterocycles. The molecular weight excluding hydrogens is 350 g/mol. The third kappa shape index (κ3) is 4.98. The summed E-state index contributed by atoms with van der Waals surface area (Å²) >= 11 is 0. The van der Waals surface area contributed by atoms with Crippen LogP contribution in [-0.2, 0) is 10.0 Å². The van der Waals surface area contributed by atoms with Crippen LogP contribution in [0.25, 0.3) is 0 Å². The summed E-state index contributed by atoms with van der Waals surface area (Å²) in [5.74, 6) is 0.291. The zero-order valence-electron chi connectivity index (χ0n) is 16.3. The summed E-state index contributed by atoms with van der Waals surface area (Å²) in [6.07, 6.45) is 4.26. The summed E-state index contributed by atoms with van der Waals surface area (Å²) in [5, 5.41) is 2.94. The smallest absolute Gasteiger partial charge is 0.253 e. The minimum absolute atomic E-state index is 0.150. The van der Waals surface area contributed by atoms with Crippen molar-refractivity contribution >= 4 is 21.6 Å². The first kappa shape index (κ1) is 20.7. The fourth-order valence-corrected chi connectivity index (χ4v) is 3.98. The number of carbonyl (C=O) groups excluding carboxylic acids is 1. The SMILES string of the molecule is CC(C)CCNC(=O)c1cc(S(=O)(=O)N(C)C)ccc1N1CCCCC1. The number of amides is 1. The van der Waals surface area contributed by atoms with Gasteiger partial charge in [-0.25, -0.2) is 12.7 Å². The van der Waals surface area contributed by atoms with Gasteiger partial charge in [-0.3, -0.25) is 4.79 Å². The number of nitrogens with one attached hydrogen (secondary N) is 1. The lowest BCUT2D eigenvalue weighted by Crippen LogP contribution is -2.33. The third-order valence-electron chi connectivity index (χ3n) is 4.70. The van der Waals surface area contributed by atoms with E-state index < -0.39 is 10.0 Å². The molecule has 2 rings (SSSR count). The second-order valence-electron chi connectivity index (χ2n) is 7.45. The molecule has 0 saturated carbocycles. The summed E-state index contributed by atoms with van der Waals surface area (Å²) in [5.41, 5.74) is 1.27. The van der Waals surface area contributed by atoms with Crippen LogP contribution in [0.1, 0.15) is 49.9 Å². The monoisotopic (exact) mass is 381 g/mol. The molecule has 0 bridgehead atoms. The van der Waals surface area contributed by atoms with Gasteiger partial charge in [0.2, 0.25) is 10.0 Å². The van der Waals surface area contributed by atoms with Gasteiger partial charge < -0.3 is 10.2 Å². The largest absolute Gasteiger partial charge is 0.371 e. The molecule has 1 amide bonds. The van der Waals surface area contributed by atoms with Crippen LogP contribution >= 0.6 is 0 Å². The van der Waals surface area contributed by atoms with E-state index >= 15 is 0 Å². The molecule has 1 aromatic rings. The Hall–Kier alpha value is -1.60. The molecule has 0 radical (unpaired) electrons. The number of sulfonamides is 1. The van der Waals surface area contributed by atoms with Crippen LogP contribution in [0.5, 0.6) is 0 Å². The van der Waals surface area contributed by atoms with Gasteiger partial charge in [-0.05, 0) is 49.8 Å². The molecule has 1 saturated heterocycles. The number of hydrogen-bond acceptors (Lipinski definition) is 4. The van der Waals surface area contributed by atoms with Gasteiger partial charge in [0, 0.05) is 39.4 Å². The standard InChI is InChI=1S/C19H31N3O3S/c1-15(2)10-11-20-19(23)17-14-16(26(24,25)21(3)4)8-9-18(17)22-12-6-5-7-13-22/h8-9,14-15H,5-7,10-13H2,1-4H3,(H,20,23). The Balaban J connectivity index is 2.36. The number of anilines is 1. The van der Waals surface area contributed by atoms with E-state index in [1.165, 1.54) is 30.9 Å². The van der Waals surface area contributed by atoms with Crippen molar-refractivity contribution in [1.29, 1.82) is 0 Å². The molecule has 0 aliphatic carbocycles. The third-order valence-corrected chi connectivity index (χ3v) is 6.51. The van der Waals surface area contributed by atoms with Crippen LogP contribution < -0.4 is 10.2 Å². The van der Waals surface area contributed by atoms with Crippen LogP contribution in [-0.4, -0.2) is 52.4 Å². The highest BCUT2D eigenvalue weighted by Gasteiger charge is 2.24. The molecule has 0 atom stereocenters. The van der Waals surface area contributed by atoms with Crippen molar-refractivity contribution in [3.63, 3.8) is 0 Å². The van der Waals surface area contributed by atoms with Crippen molar-refractivity contribution in [2.45, 2.75) is 44.4 Å². The van der Waals surface area contributed by atoms with Crippen LogP contribution in [0.15, 0.2) is 23.1 Å². The van der Waals surface area contributed by atoms with Gasteiger partial charge in [-0.15, -0.1) is 0 Å². The van der Waals surface area contributed by atoms with E-state index in [0.717, 1.165) is 38.0 Å². The molecule has 6 nitrogen and oxygen atoms in total. The van der Waals surface area contributed by atoms with Crippen LogP contribution in [0.3, 0.4) is 0 Å². The average Bonchev–Trinajstić information content (AvgIpc) is 2.61. The summed E-state index contributed by atoms with van der Waals surface area (Å²) in [4.78, 5) is 15.1. The lowest BCUT2D eigenvalue weighted by Gasteiger charge is -2.30. The predicted molar refractivity (Wildman–Crippen MR) is 105 cm³/mol. The van der Waals surface area contributed by atoms with Crippen molar-refractivity contribution in [3.05, 3.63) is 23.8 Å². The minimum atomic E-state index is -3.58. The van der Waals surface area contributed by atoms with Gasteiger partial charge in [0.15, 0.2) is 0 Å². The molecule has 26 heavy (non-hydrogen) atoms. The Bertz CT molecular complexity index is 724. The van der Waals surface area contributed by atoms with Crippen LogP contribution in [0.2, 0.25) is 0 Å². The van der Waals surface area contributed by atoms with E-state index in [0.29, 0.717) is 18.0 Å². The zero-order chi connectivity index (χ0) is 19.3. The molecule has 146 valence electrons. The summed E-state index contributed by atoms with van der Waals surface area (Å²) in [6.45, 7) is 6.59. The summed E-state index contributed by atoms with van der Waals surface area (Å²) in [6, 6.07) is 4.90. The van der Waals surface area contributed by atoms with Gasteiger partial charge in [-0.2, -0.15) is 0 Å². The quantitative estimate of drug-likeness (QED) is 0.788. The highest BCUT2D eigenvalue weighted by atomic mass is 32.2. The first-order chi connectivity index (χ1) is 12.2. The molecule has 0 unspecified atom stereocenters. The van der Waals surface area contributed by atoms with E-state index in [9.17, 15) is 13.2 Å². The van der Waals surface area contributed by atoms with E-state index in [2.05, 4.69) is 24.1 Å². The van der Waals surface area contributed by atoms with Crippen molar-refractivity contribution in [1.82, 2.24) is 9.62 Å². The van der Waals surface area contributed by atoms with Gasteiger partial charge in [0.1, 0.15) is 0 Å². The molecular formula is C19H31N3O3S. The molecule has 1 aromatic carbocycles. The van der Waals surface area contributed by atoms with Gasteiger partial charge in [0.25, 0.3) is 5.91 Å². The number of rotatable bonds is 7. The molecule has 0 spiro atoms. The average molecular weight is 382 g/mol. The van der Waals surface area contributed by atoms with Gasteiger partial charge in [-0.1, -0.05) is 13.8 Å². The van der Waals surface area contributed by atoms with E-state index in [1.807, 2.05) is 0 Å². The first-order valence-corrected chi connectivity index (χ1v) is 10.8. The van der Waals surface area contributed by atoms with Gasteiger partial charge >= 0.3 is 0 Å². The molecule has 1 fully saturated rings. The van der Waals surface area contributed by atoms with Crippen molar-refractivity contribution in [2.24, 2.45) is 5.92 Å². The highest BCUT2D eigenvalue weighted by Crippen LogP contribution is 2.27. The maximum absolute atomic E-state index is 12.8. The zero-order valence-corrected chi connectivity index (χ0v) is 17.1. The summed E-state index contributed by atoms with van der Waals surface area (Å²) in [7, 11) is -0.587. The lowest BCUT2D eigenvalue weighted by atomic mass is 10.1. The fraction of sp³-hybridized carbons (Fsp3) is 0.632. The topological polar surface area (TPSA) is 69.7 Å². The Morgan fingerprint density at radius 3 is 2.42 bits per heavy atom. The molecule has 7 heteroatoms. The Labute approximate surface area is 157 Å². The second kappa shape index (κ2) is 8.86. The number of hydrogen-bond donors (Lipinski definition) is 1. The van der Waals surface area contributed by atoms with Crippen LogP contribution in [0.4, 0.5) is 5.69 Å². The number of piperidine rings is 1.